The third-order valence-corrected chi connectivity index (χ3v) is 4.76. The second kappa shape index (κ2) is 5.01. The van der Waals surface area contributed by atoms with E-state index in [1.165, 1.54) is 38.1 Å². The monoisotopic (exact) mass is 292 g/mol. The van der Waals surface area contributed by atoms with Gasteiger partial charge >= 0.3 is 0 Å². The quantitative estimate of drug-likeness (QED) is 0.514. The maximum Gasteiger partial charge on any atom is 0.0467 e. The van der Waals surface area contributed by atoms with Crippen LogP contribution in [0.15, 0.2) is 59.5 Å². The molecule has 0 aliphatic heterocycles. The van der Waals surface area contributed by atoms with Gasteiger partial charge in [-0.25, -0.2) is 0 Å². The first kappa shape index (κ1) is 12.6. The van der Waals surface area contributed by atoms with Gasteiger partial charge in [0.05, 0.1) is 0 Å². The summed E-state index contributed by atoms with van der Waals surface area (Å²) in [6.45, 7) is 0. The van der Waals surface area contributed by atoms with E-state index in [4.69, 9.17) is 0 Å². The van der Waals surface area contributed by atoms with Crippen molar-refractivity contribution in [2.45, 2.75) is 11.3 Å². The Kier molecular flexibility index (Phi) is 3.00. The van der Waals surface area contributed by atoms with Gasteiger partial charge in [0, 0.05) is 39.1 Å². The highest BCUT2D eigenvalue weighted by molar-refractivity contribution is 7.98. The molecule has 0 atom stereocenters. The zero-order chi connectivity index (χ0) is 14.2. The number of hydrogen-bond acceptors (Lipinski definition) is 1. The molecule has 0 spiro atoms. The van der Waals surface area contributed by atoms with Crippen LogP contribution < -0.4 is 0 Å². The van der Waals surface area contributed by atoms with E-state index in [2.05, 4.69) is 70.8 Å². The van der Waals surface area contributed by atoms with E-state index in [1.807, 2.05) is 11.8 Å². The SMILES string of the molecule is CSc1c(Cc2cc3ccccc3[nH]2)[nH]c2ccccc12. The van der Waals surface area contributed by atoms with Crippen LogP contribution in [0.3, 0.4) is 0 Å². The molecule has 0 fully saturated rings. The van der Waals surface area contributed by atoms with Crippen LogP contribution in [0.1, 0.15) is 11.4 Å². The molecule has 0 unspecified atom stereocenters. The van der Waals surface area contributed by atoms with Gasteiger partial charge in [-0.05, 0) is 29.8 Å². The van der Waals surface area contributed by atoms with Crippen molar-refractivity contribution in [3.63, 3.8) is 0 Å². The van der Waals surface area contributed by atoms with Crippen molar-refractivity contribution in [2.75, 3.05) is 6.26 Å². The molecule has 0 saturated heterocycles. The number of H-pyrrole nitrogens is 2. The second-order valence-corrected chi connectivity index (χ2v) is 6.06. The Balaban J connectivity index is 1.79. The van der Waals surface area contributed by atoms with Crippen molar-refractivity contribution < 1.29 is 0 Å². The molecular weight excluding hydrogens is 276 g/mol. The average molecular weight is 292 g/mol. The minimum Gasteiger partial charge on any atom is -0.358 e. The van der Waals surface area contributed by atoms with Crippen LogP contribution in [0.5, 0.6) is 0 Å². The lowest BCUT2D eigenvalue weighted by Gasteiger charge is -2.00. The molecule has 21 heavy (non-hydrogen) atoms. The van der Waals surface area contributed by atoms with E-state index < -0.39 is 0 Å². The average Bonchev–Trinajstić information content (AvgIpc) is 3.06. The van der Waals surface area contributed by atoms with Gasteiger partial charge in [-0.2, -0.15) is 0 Å². The highest BCUT2D eigenvalue weighted by atomic mass is 32.2. The van der Waals surface area contributed by atoms with Gasteiger partial charge in [-0.3, -0.25) is 0 Å². The highest BCUT2D eigenvalue weighted by Gasteiger charge is 2.11. The van der Waals surface area contributed by atoms with Gasteiger partial charge in [0.1, 0.15) is 0 Å². The molecule has 2 N–H and O–H groups in total. The number of benzene rings is 2. The van der Waals surface area contributed by atoms with Gasteiger partial charge < -0.3 is 9.97 Å². The van der Waals surface area contributed by atoms with Gasteiger partial charge in [0.15, 0.2) is 0 Å². The Bertz CT molecular complexity index is 884. The first-order valence-electron chi connectivity index (χ1n) is 7.05. The number of thioether (sulfide) groups is 1. The predicted molar refractivity (Wildman–Crippen MR) is 91.2 cm³/mol. The van der Waals surface area contributed by atoms with Crippen LogP contribution in [0.4, 0.5) is 0 Å². The third-order valence-electron chi connectivity index (χ3n) is 3.89. The summed E-state index contributed by atoms with van der Waals surface area (Å²) in [5.74, 6) is 0. The normalized spacial score (nSPS) is 11.5. The predicted octanol–water partition coefficient (Wildman–Crippen LogP) is 4.96. The Morgan fingerprint density at radius 3 is 2.48 bits per heavy atom. The standard InChI is InChI=1S/C18H16N2S/c1-21-18-14-7-3-5-9-16(14)20-17(18)11-13-10-12-6-2-4-8-15(12)19-13/h2-10,19-20H,11H2,1H3. The van der Waals surface area contributed by atoms with Gasteiger partial charge in [-0.15, -0.1) is 11.8 Å². The van der Waals surface area contributed by atoms with Crippen molar-refractivity contribution in [3.8, 4) is 0 Å². The molecule has 0 aliphatic carbocycles. The fourth-order valence-electron chi connectivity index (χ4n) is 2.95. The molecule has 2 aromatic carbocycles. The summed E-state index contributed by atoms with van der Waals surface area (Å²) in [4.78, 5) is 8.43. The summed E-state index contributed by atoms with van der Waals surface area (Å²) >= 11 is 1.81. The number of nitrogens with one attached hydrogen (secondary N) is 2. The van der Waals surface area contributed by atoms with Crippen molar-refractivity contribution in [1.82, 2.24) is 9.97 Å². The molecule has 4 aromatic rings. The van der Waals surface area contributed by atoms with Gasteiger partial charge in [0.25, 0.3) is 0 Å². The maximum absolute atomic E-state index is 3.57. The third kappa shape index (κ3) is 2.14. The smallest absolute Gasteiger partial charge is 0.0467 e. The first-order valence-corrected chi connectivity index (χ1v) is 8.28. The zero-order valence-corrected chi connectivity index (χ0v) is 12.6. The van der Waals surface area contributed by atoms with Crippen LogP contribution >= 0.6 is 11.8 Å². The lowest BCUT2D eigenvalue weighted by molar-refractivity contribution is 1.04. The summed E-state index contributed by atoms with van der Waals surface area (Å²) in [5, 5.41) is 2.59. The summed E-state index contributed by atoms with van der Waals surface area (Å²) < 4.78 is 0. The van der Waals surface area contributed by atoms with Crippen molar-refractivity contribution >= 4 is 33.6 Å². The van der Waals surface area contributed by atoms with Crippen molar-refractivity contribution in [1.29, 1.82) is 0 Å². The van der Waals surface area contributed by atoms with Gasteiger partial charge in [0.2, 0.25) is 0 Å². The molecule has 4 rings (SSSR count). The molecule has 3 heteroatoms. The number of aromatic nitrogens is 2. The summed E-state index contributed by atoms with van der Waals surface area (Å²) in [5.41, 5.74) is 4.95. The molecule has 2 aromatic heterocycles. The fourth-order valence-corrected chi connectivity index (χ4v) is 3.72. The van der Waals surface area contributed by atoms with Crippen LogP contribution in [0, 0.1) is 0 Å². The number of rotatable bonds is 3. The molecule has 2 heterocycles. The minimum absolute atomic E-state index is 0.902. The van der Waals surface area contributed by atoms with Gasteiger partial charge in [-0.1, -0.05) is 36.4 Å². The molecule has 2 nitrogen and oxygen atoms in total. The van der Waals surface area contributed by atoms with E-state index in [0.29, 0.717) is 0 Å². The van der Waals surface area contributed by atoms with Crippen molar-refractivity contribution in [3.05, 3.63) is 66.0 Å². The maximum atomic E-state index is 3.57. The summed E-state index contributed by atoms with van der Waals surface area (Å²) in [6, 6.07) is 19.2. The molecule has 104 valence electrons. The zero-order valence-electron chi connectivity index (χ0n) is 11.8. The van der Waals surface area contributed by atoms with E-state index in [1.54, 1.807) is 0 Å². The Hall–Kier alpha value is -2.13. The molecular formula is C18H16N2S. The number of para-hydroxylation sites is 2. The molecule has 0 aliphatic rings. The second-order valence-electron chi connectivity index (χ2n) is 5.24. The number of hydrogen-bond donors (Lipinski definition) is 2. The first-order chi connectivity index (χ1) is 10.3. The van der Waals surface area contributed by atoms with Crippen LogP contribution in [-0.2, 0) is 6.42 Å². The summed E-state index contributed by atoms with van der Waals surface area (Å²) in [7, 11) is 0. The fraction of sp³-hybridized carbons (Fsp3) is 0.111. The van der Waals surface area contributed by atoms with E-state index in [0.717, 1.165) is 6.42 Å². The van der Waals surface area contributed by atoms with E-state index in [9.17, 15) is 0 Å². The van der Waals surface area contributed by atoms with Crippen LogP contribution in [0.2, 0.25) is 0 Å². The van der Waals surface area contributed by atoms with Crippen molar-refractivity contribution in [2.24, 2.45) is 0 Å². The molecule has 0 saturated carbocycles. The number of fused-ring (bicyclic) bond motifs is 2. The molecule has 0 amide bonds. The lowest BCUT2D eigenvalue weighted by atomic mass is 10.2. The lowest BCUT2D eigenvalue weighted by Crippen LogP contribution is -1.90. The van der Waals surface area contributed by atoms with E-state index in [-0.39, 0.29) is 0 Å². The Morgan fingerprint density at radius 1 is 0.905 bits per heavy atom. The highest BCUT2D eigenvalue weighted by Crippen LogP contribution is 2.31. The molecule has 0 radical (unpaired) electrons. The Labute approximate surface area is 127 Å². The van der Waals surface area contributed by atoms with E-state index >= 15 is 0 Å². The largest absolute Gasteiger partial charge is 0.358 e. The number of aromatic amines is 2. The summed E-state index contributed by atoms with van der Waals surface area (Å²) in [6.07, 6.45) is 3.05. The Morgan fingerprint density at radius 2 is 1.67 bits per heavy atom. The van der Waals surface area contributed by atoms with Crippen LogP contribution in [-0.4, -0.2) is 16.2 Å². The molecule has 0 bridgehead atoms. The minimum atomic E-state index is 0.902. The topological polar surface area (TPSA) is 31.6 Å². The van der Waals surface area contributed by atoms with Crippen LogP contribution in [0.25, 0.3) is 21.8 Å².